The van der Waals surface area contributed by atoms with Gasteiger partial charge >= 0.3 is 0 Å². The number of hydrogen-bond donors (Lipinski definition) is 2. The molecule has 0 fully saturated rings. The van der Waals surface area contributed by atoms with E-state index in [-0.39, 0.29) is 11.4 Å². The smallest absolute Gasteiger partial charge is 0.242 e. The molecule has 0 bridgehead atoms. The Balaban J connectivity index is 2.70. The molecule has 5 nitrogen and oxygen atoms in total. The van der Waals surface area contributed by atoms with Crippen LogP contribution in [0.5, 0.6) is 0 Å². The third-order valence-corrected chi connectivity index (χ3v) is 4.55. The van der Waals surface area contributed by atoms with Crippen LogP contribution in [-0.2, 0) is 14.8 Å². The molecule has 0 aliphatic carbocycles. The van der Waals surface area contributed by atoms with Gasteiger partial charge in [-0.15, -0.1) is 6.58 Å². The van der Waals surface area contributed by atoms with Crippen molar-refractivity contribution in [3.63, 3.8) is 0 Å². The van der Waals surface area contributed by atoms with Crippen molar-refractivity contribution in [1.82, 2.24) is 4.72 Å². The predicted molar refractivity (Wildman–Crippen MR) is 81.1 cm³/mol. The second kappa shape index (κ2) is 7.42. The van der Waals surface area contributed by atoms with E-state index in [0.717, 1.165) is 12.0 Å². The lowest BCUT2D eigenvalue weighted by molar-refractivity contribution is 0.144. The number of hydrogen-bond acceptors (Lipinski definition) is 4. The number of rotatable bonds is 8. The van der Waals surface area contributed by atoms with Crippen LogP contribution in [0.15, 0.2) is 29.7 Å². The van der Waals surface area contributed by atoms with Crippen LogP contribution in [0.1, 0.15) is 17.5 Å². The number of aryl methyl sites for hydroxylation is 2. The first-order chi connectivity index (χ1) is 9.40. The fraction of sp³-hybridized carbons (Fsp3) is 0.429. The van der Waals surface area contributed by atoms with Gasteiger partial charge in [0.1, 0.15) is 4.90 Å². The first-order valence-corrected chi connectivity index (χ1v) is 7.92. The average Bonchev–Trinajstić information content (AvgIpc) is 2.38. The molecule has 0 saturated heterocycles. The van der Waals surface area contributed by atoms with E-state index in [2.05, 4.69) is 11.3 Å². The van der Waals surface area contributed by atoms with Gasteiger partial charge in [0.25, 0.3) is 0 Å². The molecule has 0 aromatic heterocycles. The second-order valence-electron chi connectivity index (χ2n) is 4.53. The molecule has 0 heterocycles. The van der Waals surface area contributed by atoms with Crippen LogP contribution in [0.3, 0.4) is 0 Å². The summed E-state index contributed by atoms with van der Waals surface area (Å²) in [4.78, 5) is 0.156. The summed E-state index contributed by atoms with van der Waals surface area (Å²) in [6.07, 6.45) is 2.50. The Hall–Kier alpha value is -1.37. The van der Waals surface area contributed by atoms with Crippen molar-refractivity contribution >= 4 is 15.7 Å². The molecule has 20 heavy (non-hydrogen) atoms. The number of nitrogens with two attached hydrogens (primary N) is 1. The van der Waals surface area contributed by atoms with Gasteiger partial charge in [-0.3, -0.25) is 0 Å². The Kier molecular flexibility index (Phi) is 6.19. The molecule has 1 aromatic rings. The second-order valence-corrected chi connectivity index (χ2v) is 6.23. The normalized spacial score (nSPS) is 11.5. The summed E-state index contributed by atoms with van der Waals surface area (Å²) < 4.78 is 32.3. The van der Waals surface area contributed by atoms with E-state index in [1.165, 1.54) is 0 Å². The number of nitrogen functional groups attached to an aromatic ring is 1. The summed E-state index contributed by atoms with van der Waals surface area (Å²) in [6.45, 7) is 8.16. The fourth-order valence-electron chi connectivity index (χ4n) is 1.75. The highest BCUT2D eigenvalue weighted by molar-refractivity contribution is 7.89. The van der Waals surface area contributed by atoms with Crippen LogP contribution < -0.4 is 10.5 Å². The highest BCUT2D eigenvalue weighted by Crippen LogP contribution is 2.25. The monoisotopic (exact) mass is 298 g/mol. The van der Waals surface area contributed by atoms with Crippen LogP contribution in [0.4, 0.5) is 5.69 Å². The zero-order chi connectivity index (χ0) is 15.2. The van der Waals surface area contributed by atoms with Gasteiger partial charge in [0.15, 0.2) is 0 Å². The lowest BCUT2D eigenvalue weighted by atomic mass is 10.1. The minimum Gasteiger partial charge on any atom is -0.397 e. The highest BCUT2D eigenvalue weighted by atomic mass is 32.2. The minimum absolute atomic E-state index is 0.156. The summed E-state index contributed by atoms with van der Waals surface area (Å²) in [7, 11) is -3.61. The van der Waals surface area contributed by atoms with Crippen LogP contribution in [0.2, 0.25) is 0 Å². The van der Waals surface area contributed by atoms with E-state index >= 15 is 0 Å². The topological polar surface area (TPSA) is 81.4 Å². The Morgan fingerprint density at radius 2 is 1.95 bits per heavy atom. The first-order valence-electron chi connectivity index (χ1n) is 6.44. The number of anilines is 1. The lowest BCUT2D eigenvalue weighted by Crippen LogP contribution is -2.29. The fourth-order valence-corrected chi connectivity index (χ4v) is 3.19. The molecule has 0 radical (unpaired) electrons. The summed E-state index contributed by atoms with van der Waals surface area (Å²) in [6, 6.07) is 3.56. The lowest BCUT2D eigenvalue weighted by Gasteiger charge is -2.13. The van der Waals surface area contributed by atoms with Crippen LogP contribution in [-0.4, -0.2) is 28.2 Å². The molecule has 0 atom stereocenters. The molecule has 3 N–H and O–H groups in total. The Morgan fingerprint density at radius 3 is 2.60 bits per heavy atom. The maximum absolute atomic E-state index is 12.3. The molecule has 0 amide bonds. The number of benzene rings is 1. The molecule has 112 valence electrons. The molecule has 0 saturated carbocycles. The minimum atomic E-state index is -3.61. The van der Waals surface area contributed by atoms with Gasteiger partial charge in [-0.05, 0) is 31.4 Å². The van der Waals surface area contributed by atoms with E-state index in [9.17, 15) is 8.42 Å². The third kappa shape index (κ3) is 4.33. The number of ether oxygens (including phenoxy) is 1. The van der Waals surface area contributed by atoms with Gasteiger partial charge in [-0.1, -0.05) is 18.2 Å². The van der Waals surface area contributed by atoms with Crippen LogP contribution >= 0.6 is 0 Å². The molecule has 0 aliphatic rings. The molecular formula is C14H22N2O3S. The maximum atomic E-state index is 12.3. The van der Waals surface area contributed by atoms with Crippen molar-refractivity contribution in [3.8, 4) is 0 Å². The molecule has 6 heteroatoms. The number of nitrogens with one attached hydrogen (secondary N) is 1. The SMILES string of the molecule is C=CCCOCCNS(=O)(=O)c1c(C)ccc(C)c1N. The van der Waals surface area contributed by atoms with E-state index < -0.39 is 10.0 Å². The Bertz CT molecular complexity index is 568. The van der Waals surface area contributed by atoms with Crippen LogP contribution in [0, 0.1) is 13.8 Å². The van der Waals surface area contributed by atoms with E-state index in [4.69, 9.17) is 10.5 Å². The van der Waals surface area contributed by atoms with Gasteiger partial charge in [-0.25, -0.2) is 13.1 Å². The van der Waals surface area contributed by atoms with E-state index in [1.54, 1.807) is 26.0 Å². The van der Waals surface area contributed by atoms with Crippen LogP contribution in [0.25, 0.3) is 0 Å². The van der Waals surface area contributed by atoms with Crippen molar-refractivity contribution in [2.75, 3.05) is 25.5 Å². The van der Waals surface area contributed by atoms with E-state index in [0.29, 0.717) is 24.5 Å². The predicted octanol–water partition coefficient (Wildman–Crippen LogP) is 1.76. The largest absolute Gasteiger partial charge is 0.397 e. The van der Waals surface area contributed by atoms with Crippen molar-refractivity contribution in [3.05, 3.63) is 35.9 Å². The Labute approximate surface area is 120 Å². The van der Waals surface area contributed by atoms with Gasteiger partial charge in [0.05, 0.1) is 18.9 Å². The highest BCUT2D eigenvalue weighted by Gasteiger charge is 2.20. The third-order valence-electron chi connectivity index (χ3n) is 2.88. The summed E-state index contributed by atoms with van der Waals surface area (Å²) in [5.41, 5.74) is 7.56. The van der Waals surface area contributed by atoms with Crippen molar-refractivity contribution in [2.45, 2.75) is 25.2 Å². The number of sulfonamides is 1. The molecule has 0 aliphatic heterocycles. The van der Waals surface area contributed by atoms with Gasteiger partial charge in [-0.2, -0.15) is 0 Å². The summed E-state index contributed by atoms with van der Waals surface area (Å²) in [5.74, 6) is 0. The van der Waals surface area contributed by atoms with Crippen molar-refractivity contribution < 1.29 is 13.2 Å². The van der Waals surface area contributed by atoms with Gasteiger partial charge in [0.2, 0.25) is 10.0 Å². The average molecular weight is 298 g/mol. The molecular weight excluding hydrogens is 276 g/mol. The quantitative estimate of drug-likeness (QED) is 0.435. The molecule has 0 unspecified atom stereocenters. The Morgan fingerprint density at radius 1 is 1.30 bits per heavy atom. The van der Waals surface area contributed by atoms with Crippen molar-refractivity contribution in [2.24, 2.45) is 0 Å². The first kappa shape index (κ1) is 16.7. The van der Waals surface area contributed by atoms with E-state index in [1.807, 2.05) is 6.07 Å². The van der Waals surface area contributed by atoms with Gasteiger partial charge < -0.3 is 10.5 Å². The summed E-state index contributed by atoms with van der Waals surface area (Å²) >= 11 is 0. The molecule has 1 rings (SSSR count). The molecule has 0 spiro atoms. The van der Waals surface area contributed by atoms with Crippen molar-refractivity contribution in [1.29, 1.82) is 0 Å². The zero-order valence-electron chi connectivity index (χ0n) is 12.0. The standard InChI is InChI=1S/C14H22N2O3S/c1-4-5-9-19-10-8-16-20(17,18)14-12(3)7-6-11(2)13(14)15/h4,6-7,16H,1,5,8-10,15H2,2-3H3. The maximum Gasteiger partial charge on any atom is 0.242 e. The summed E-state index contributed by atoms with van der Waals surface area (Å²) in [5, 5.41) is 0. The van der Waals surface area contributed by atoms with Gasteiger partial charge in [0, 0.05) is 6.54 Å². The molecule has 1 aromatic carbocycles. The zero-order valence-corrected chi connectivity index (χ0v) is 12.8.